The molecule has 0 aliphatic carbocycles. The van der Waals surface area contributed by atoms with Gasteiger partial charge >= 0.3 is 10.4 Å². The summed E-state index contributed by atoms with van der Waals surface area (Å²) in [5, 5.41) is 41.9. The van der Waals surface area contributed by atoms with Crippen molar-refractivity contribution in [1.29, 1.82) is 0 Å². The van der Waals surface area contributed by atoms with E-state index in [4.69, 9.17) is 14.4 Å². The highest BCUT2D eigenvalue weighted by Crippen LogP contribution is 2.31. The molecule has 1 heterocycles. The highest BCUT2D eigenvalue weighted by Gasteiger charge is 2.44. The van der Waals surface area contributed by atoms with E-state index >= 15 is 0 Å². The van der Waals surface area contributed by atoms with Crippen molar-refractivity contribution in [3.63, 3.8) is 0 Å². The van der Waals surface area contributed by atoms with E-state index in [0.717, 1.165) is 11.8 Å². The van der Waals surface area contributed by atoms with Gasteiger partial charge in [0.15, 0.2) is 0 Å². The number of hydrogen-bond acceptors (Lipinski definition) is 10. The fourth-order valence-electron chi connectivity index (χ4n) is 1.77. The third-order valence-electron chi connectivity index (χ3n) is 3.34. The molecule has 6 atom stereocenters. The fraction of sp³-hybridized carbons (Fsp3) is 0.909. The molecule has 1 rings (SSSR count). The first-order valence-corrected chi connectivity index (χ1v) is 9.06. The maximum Gasteiger partial charge on any atom is 0.466 e. The van der Waals surface area contributed by atoms with Crippen molar-refractivity contribution in [1.82, 2.24) is 0 Å². The Hall–Kier alpha value is -0.470. The molecule has 1 aliphatic rings. The topological polar surface area (TPSA) is 166 Å². The van der Waals surface area contributed by atoms with Gasteiger partial charge in [0.1, 0.15) is 34.9 Å². The summed E-state index contributed by atoms with van der Waals surface area (Å²) in [5.41, 5.74) is -1.12. The van der Waals surface area contributed by atoms with Crippen molar-refractivity contribution in [2.24, 2.45) is 11.1 Å². The second-order valence-electron chi connectivity index (χ2n) is 5.06. The molecular weight excluding hydrogens is 354 g/mol. The van der Waals surface area contributed by atoms with Crippen LogP contribution in [0.25, 0.3) is 0 Å². The summed E-state index contributed by atoms with van der Waals surface area (Å²) in [5.74, 6) is -0.297. The number of rotatable bonds is 6. The molecule has 1 saturated heterocycles. The van der Waals surface area contributed by atoms with E-state index in [1.165, 1.54) is 0 Å². The minimum Gasteiger partial charge on any atom is -0.394 e. The lowest BCUT2D eigenvalue weighted by Crippen LogP contribution is -2.57. The van der Waals surface area contributed by atoms with E-state index in [1.54, 1.807) is 13.8 Å². The van der Waals surface area contributed by atoms with Crippen LogP contribution in [0.1, 0.15) is 20.3 Å². The van der Waals surface area contributed by atoms with Crippen LogP contribution in [-0.4, -0.2) is 74.9 Å². The van der Waals surface area contributed by atoms with Gasteiger partial charge in [-0.05, 0) is 6.42 Å². The van der Waals surface area contributed by atoms with Crippen LogP contribution in [-0.2, 0) is 19.4 Å². The van der Waals surface area contributed by atoms with Crippen LogP contribution >= 0.6 is 11.8 Å². The average molecular weight is 375 g/mol. The predicted molar refractivity (Wildman–Crippen MR) is 80.9 cm³/mol. The Morgan fingerprint density at radius 1 is 1.30 bits per heavy atom. The third-order valence-corrected chi connectivity index (χ3v) is 4.94. The van der Waals surface area contributed by atoms with E-state index in [1.807, 2.05) is 0 Å². The molecule has 0 spiro atoms. The number of aliphatic hydroxyl groups is 4. The molecular formula is C11H21NO9S2. The fourth-order valence-corrected chi connectivity index (χ4v) is 3.21. The van der Waals surface area contributed by atoms with E-state index in [0.29, 0.717) is 6.42 Å². The van der Waals surface area contributed by atoms with Crippen molar-refractivity contribution in [3.05, 3.63) is 0 Å². The van der Waals surface area contributed by atoms with E-state index < -0.39 is 46.9 Å². The predicted octanol–water partition coefficient (Wildman–Crippen LogP) is -1.30. The highest BCUT2D eigenvalue weighted by molar-refractivity contribution is 8.14. The summed E-state index contributed by atoms with van der Waals surface area (Å²) in [7, 11) is -4.78. The molecule has 23 heavy (non-hydrogen) atoms. The summed E-state index contributed by atoms with van der Waals surface area (Å²) >= 11 is 0.767. The van der Waals surface area contributed by atoms with Crippen LogP contribution in [0.15, 0.2) is 5.16 Å². The van der Waals surface area contributed by atoms with Gasteiger partial charge in [-0.25, -0.2) is 4.28 Å². The quantitative estimate of drug-likeness (QED) is 0.163. The number of nitrogens with zero attached hydrogens (tertiary/aromatic N) is 1. The Morgan fingerprint density at radius 2 is 1.91 bits per heavy atom. The summed E-state index contributed by atoms with van der Waals surface area (Å²) < 4.78 is 39.1. The van der Waals surface area contributed by atoms with Gasteiger partial charge in [-0.3, -0.25) is 4.55 Å². The van der Waals surface area contributed by atoms with Gasteiger partial charge in [0, 0.05) is 5.92 Å². The molecule has 1 fully saturated rings. The number of hydrogen-bond donors (Lipinski definition) is 5. The van der Waals surface area contributed by atoms with Crippen LogP contribution in [0.4, 0.5) is 0 Å². The van der Waals surface area contributed by atoms with Crippen molar-refractivity contribution < 1.29 is 42.4 Å². The summed E-state index contributed by atoms with van der Waals surface area (Å²) in [6.45, 7) is 2.91. The maximum atomic E-state index is 10.6. The minimum absolute atomic E-state index is 0.0921. The molecule has 0 aromatic rings. The average Bonchev–Trinajstić information content (AvgIpc) is 2.49. The molecule has 5 N–H and O–H groups in total. The first-order chi connectivity index (χ1) is 10.6. The monoisotopic (exact) mass is 375 g/mol. The second-order valence-corrected chi connectivity index (χ2v) is 7.18. The maximum absolute atomic E-state index is 10.6. The first-order valence-electron chi connectivity index (χ1n) is 6.81. The van der Waals surface area contributed by atoms with Gasteiger partial charge in [-0.2, -0.15) is 8.42 Å². The van der Waals surface area contributed by atoms with Crippen LogP contribution < -0.4 is 0 Å². The second kappa shape index (κ2) is 8.58. The summed E-state index contributed by atoms with van der Waals surface area (Å²) in [6.07, 6.45) is -5.11. The zero-order valence-electron chi connectivity index (χ0n) is 12.5. The van der Waals surface area contributed by atoms with Crippen molar-refractivity contribution in [3.8, 4) is 0 Å². The van der Waals surface area contributed by atoms with Crippen molar-refractivity contribution >= 4 is 27.2 Å². The Kier molecular flexibility index (Phi) is 7.67. The lowest BCUT2D eigenvalue weighted by molar-refractivity contribution is -0.205. The Morgan fingerprint density at radius 3 is 2.39 bits per heavy atom. The lowest BCUT2D eigenvalue weighted by Gasteiger charge is -2.39. The molecule has 12 heteroatoms. The van der Waals surface area contributed by atoms with Gasteiger partial charge in [-0.1, -0.05) is 30.8 Å². The summed E-state index contributed by atoms with van der Waals surface area (Å²) in [6, 6.07) is 0. The lowest BCUT2D eigenvalue weighted by atomic mass is 10.0. The Balaban J connectivity index is 2.93. The number of aliphatic hydroxyl groups excluding tert-OH is 4. The molecule has 0 amide bonds. The van der Waals surface area contributed by atoms with E-state index in [2.05, 4.69) is 9.44 Å². The van der Waals surface area contributed by atoms with Gasteiger partial charge < -0.3 is 25.2 Å². The molecule has 1 aliphatic heterocycles. The van der Waals surface area contributed by atoms with Crippen LogP contribution in [0.5, 0.6) is 0 Å². The smallest absolute Gasteiger partial charge is 0.394 e. The Bertz CT molecular complexity index is 510. The van der Waals surface area contributed by atoms with Crippen molar-refractivity contribution in [2.75, 3.05) is 6.61 Å². The number of oxime groups is 1. The molecule has 0 bridgehead atoms. The molecule has 0 aromatic heterocycles. The SMILES string of the molecule is CCC(C)C(=NOS(=O)(=O)O)SC1OC(CO)C(O)C(O)C1O. The summed E-state index contributed by atoms with van der Waals surface area (Å²) in [4.78, 5) is 0. The normalized spacial score (nSPS) is 34.2. The van der Waals surface area contributed by atoms with Crippen LogP contribution in [0.2, 0.25) is 0 Å². The van der Waals surface area contributed by atoms with E-state index in [-0.39, 0.29) is 11.0 Å². The molecule has 136 valence electrons. The first kappa shape index (κ1) is 20.6. The van der Waals surface area contributed by atoms with Gasteiger partial charge in [-0.15, -0.1) is 0 Å². The highest BCUT2D eigenvalue weighted by atomic mass is 32.3. The molecule has 0 aromatic carbocycles. The van der Waals surface area contributed by atoms with Crippen LogP contribution in [0.3, 0.4) is 0 Å². The third kappa shape index (κ3) is 5.83. The van der Waals surface area contributed by atoms with Crippen LogP contribution in [0, 0.1) is 5.92 Å². The Labute approximate surface area is 138 Å². The molecule has 6 unspecified atom stereocenters. The largest absolute Gasteiger partial charge is 0.466 e. The molecule has 0 saturated carbocycles. The zero-order chi connectivity index (χ0) is 17.8. The zero-order valence-corrected chi connectivity index (χ0v) is 14.1. The molecule has 0 radical (unpaired) electrons. The van der Waals surface area contributed by atoms with Crippen molar-refractivity contribution in [2.45, 2.75) is 50.1 Å². The number of ether oxygens (including phenoxy) is 1. The minimum atomic E-state index is -4.78. The van der Waals surface area contributed by atoms with Gasteiger partial charge in [0.05, 0.1) is 6.61 Å². The standard InChI is InChI=1S/C11H21NO9S2/c1-3-5(2)10(12-21-23(17,18)19)22-11-9(16)8(15)7(14)6(4-13)20-11/h5-9,11,13-16H,3-4H2,1-2H3,(H,17,18,19). The van der Waals surface area contributed by atoms with Gasteiger partial charge in [0.25, 0.3) is 0 Å². The van der Waals surface area contributed by atoms with E-state index in [9.17, 15) is 23.7 Å². The molecule has 10 nitrogen and oxygen atoms in total. The van der Waals surface area contributed by atoms with Gasteiger partial charge in [0.2, 0.25) is 0 Å². The number of thioether (sulfide) groups is 1.